The lowest BCUT2D eigenvalue weighted by atomic mass is 9.85. The van der Waals surface area contributed by atoms with E-state index in [9.17, 15) is 23.9 Å². The number of nitrogens with zero attached hydrogens (tertiary/aromatic N) is 1. The molecule has 1 aliphatic carbocycles. The van der Waals surface area contributed by atoms with Crippen molar-refractivity contribution < 1.29 is 23.9 Å². The number of Topliss-reactive ketones (excluding diaryl/α,β-unsaturated/α-hetero) is 1. The van der Waals surface area contributed by atoms with Crippen molar-refractivity contribution in [2.45, 2.75) is 90.7 Å². The van der Waals surface area contributed by atoms with E-state index in [-0.39, 0.29) is 29.4 Å². The Bertz CT molecular complexity index is 1130. The lowest BCUT2D eigenvalue weighted by molar-refractivity contribution is -0.117. The van der Waals surface area contributed by atoms with Gasteiger partial charge in [-0.2, -0.15) is 0 Å². The number of aliphatic hydroxyl groups excluding tert-OH is 1. The van der Waals surface area contributed by atoms with E-state index in [0.717, 1.165) is 37.8 Å². The summed E-state index contributed by atoms with van der Waals surface area (Å²) in [6.07, 6.45) is 5.59. The smallest absolute Gasteiger partial charge is 0.294 e. The minimum Gasteiger partial charge on any atom is -0.393 e. The minimum atomic E-state index is -0.729. The monoisotopic (exact) mass is 499 g/mol. The highest BCUT2D eigenvalue weighted by Gasteiger charge is 2.34. The summed E-state index contributed by atoms with van der Waals surface area (Å²) in [5.74, 6) is -2.04. The highest BCUT2D eigenvalue weighted by atomic mass is 19.1. The molecule has 1 aromatic heterocycles. The van der Waals surface area contributed by atoms with Crippen LogP contribution in [-0.4, -0.2) is 39.4 Å². The summed E-state index contributed by atoms with van der Waals surface area (Å²) in [6, 6.07) is 4.11. The van der Waals surface area contributed by atoms with Crippen LogP contribution < -0.4 is 10.6 Å². The van der Waals surface area contributed by atoms with E-state index in [0.29, 0.717) is 35.2 Å². The van der Waals surface area contributed by atoms with Crippen LogP contribution in [0.25, 0.3) is 0 Å². The van der Waals surface area contributed by atoms with Gasteiger partial charge in [-0.3, -0.25) is 14.4 Å². The number of aliphatic hydroxyl groups is 1. The maximum atomic E-state index is 13.7. The fourth-order valence-corrected chi connectivity index (χ4v) is 5.19. The molecule has 1 aliphatic rings. The molecule has 2 atom stereocenters. The van der Waals surface area contributed by atoms with E-state index >= 15 is 0 Å². The predicted molar refractivity (Wildman–Crippen MR) is 138 cm³/mol. The first-order valence-electron chi connectivity index (χ1n) is 12.8. The van der Waals surface area contributed by atoms with Crippen molar-refractivity contribution >= 4 is 23.3 Å². The summed E-state index contributed by atoms with van der Waals surface area (Å²) < 4.78 is 15.4. The van der Waals surface area contributed by atoms with Gasteiger partial charge in [0.25, 0.3) is 17.6 Å². The number of aromatic nitrogens is 1. The van der Waals surface area contributed by atoms with Gasteiger partial charge in [-0.25, -0.2) is 4.39 Å². The molecule has 0 aliphatic heterocycles. The van der Waals surface area contributed by atoms with Gasteiger partial charge in [-0.15, -0.1) is 0 Å². The Labute approximate surface area is 212 Å². The number of hydrogen-bond acceptors (Lipinski definition) is 4. The third kappa shape index (κ3) is 6.22. The molecule has 0 bridgehead atoms. The lowest BCUT2D eigenvalue weighted by Crippen LogP contribution is -2.38. The van der Waals surface area contributed by atoms with Crippen molar-refractivity contribution in [1.82, 2.24) is 9.88 Å². The fraction of sp³-hybridized carbons (Fsp3) is 0.536. The minimum absolute atomic E-state index is 0.104. The summed E-state index contributed by atoms with van der Waals surface area (Å²) in [5.41, 5.74) is 2.73. The third-order valence-electron chi connectivity index (χ3n) is 7.13. The van der Waals surface area contributed by atoms with Crippen molar-refractivity contribution in [2.75, 3.05) is 5.32 Å². The number of ketones is 1. The van der Waals surface area contributed by atoms with E-state index in [1.807, 2.05) is 0 Å². The SMILES string of the molecule is Cc1cc(NC(=O)c2c(C)c(C(=O)C(=O)NC(C)CCC(C)O)n(C)c2C2CCCCC2)ccc1F. The second-order valence-corrected chi connectivity index (χ2v) is 10.2. The van der Waals surface area contributed by atoms with Crippen LogP contribution in [0.3, 0.4) is 0 Å². The number of aryl methyl sites for hydroxylation is 1. The van der Waals surface area contributed by atoms with Gasteiger partial charge in [0.05, 0.1) is 17.4 Å². The van der Waals surface area contributed by atoms with Crippen molar-refractivity contribution in [2.24, 2.45) is 7.05 Å². The maximum absolute atomic E-state index is 13.7. The van der Waals surface area contributed by atoms with Crippen molar-refractivity contribution in [3.63, 3.8) is 0 Å². The van der Waals surface area contributed by atoms with E-state index in [4.69, 9.17) is 0 Å². The largest absolute Gasteiger partial charge is 0.393 e. The molecule has 0 radical (unpaired) electrons. The predicted octanol–water partition coefficient (Wildman–Crippen LogP) is 4.93. The van der Waals surface area contributed by atoms with Crippen LogP contribution in [0.5, 0.6) is 0 Å². The molecule has 3 N–H and O–H groups in total. The van der Waals surface area contributed by atoms with E-state index in [1.54, 1.807) is 45.4 Å². The molecule has 2 amide bonds. The molecule has 1 fully saturated rings. The Hall–Kier alpha value is -3.00. The Kier molecular flexibility index (Phi) is 9.06. The third-order valence-corrected chi connectivity index (χ3v) is 7.13. The first kappa shape index (κ1) is 27.6. The number of carbonyl (C=O) groups excluding carboxylic acids is 3. The van der Waals surface area contributed by atoms with Gasteiger partial charge >= 0.3 is 0 Å². The zero-order chi connectivity index (χ0) is 26.6. The molecule has 2 aromatic rings. The van der Waals surface area contributed by atoms with Crippen LogP contribution >= 0.6 is 0 Å². The lowest BCUT2D eigenvalue weighted by Gasteiger charge is -2.24. The van der Waals surface area contributed by atoms with Gasteiger partial charge in [0.15, 0.2) is 0 Å². The number of rotatable bonds is 9. The summed E-state index contributed by atoms with van der Waals surface area (Å²) in [6.45, 7) is 6.81. The molecule has 36 heavy (non-hydrogen) atoms. The Balaban J connectivity index is 1.95. The van der Waals surface area contributed by atoms with Crippen LogP contribution in [-0.2, 0) is 11.8 Å². The zero-order valence-corrected chi connectivity index (χ0v) is 21.9. The quantitative estimate of drug-likeness (QED) is 0.336. The average Bonchev–Trinajstić information content (AvgIpc) is 3.10. The first-order chi connectivity index (χ1) is 17.0. The van der Waals surface area contributed by atoms with Gasteiger partial charge in [-0.05, 0) is 82.7 Å². The van der Waals surface area contributed by atoms with Gasteiger partial charge in [0.2, 0.25) is 0 Å². The maximum Gasteiger partial charge on any atom is 0.294 e. The highest BCUT2D eigenvalue weighted by Crippen LogP contribution is 2.38. The van der Waals surface area contributed by atoms with Crippen molar-refractivity contribution in [3.05, 3.63) is 52.1 Å². The number of hydrogen-bond donors (Lipinski definition) is 3. The summed E-state index contributed by atoms with van der Waals surface area (Å²) in [4.78, 5) is 39.7. The van der Waals surface area contributed by atoms with Gasteiger partial charge in [0.1, 0.15) is 5.82 Å². The molecule has 0 spiro atoms. The van der Waals surface area contributed by atoms with Crippen LogP contribution in [0.1, 0.15) is 102 Å². The fourth-order valence-electron chi connectivity index (χ4n) is 5.19. The molecule has 2 unspecified atom stereocenters. The second-order valence-electron chi connectivity index (χ2n) is 10.2. The number of halogens is 1. The molecule has 196 valence electrons. The van der Waals surface area contributed by atoms with Crippen molar-refractivity contribution in [1.29, 1.82) is 0 Å². The standard InChI is InChI=1S/C28H38FN3O4/c1-16-15-21(13-14-22(16)29)31-27(35)23-19(4)24(32(5)25(23)20-9-7-6-8-10-20)26(34)28(36)30-17(2)11-12-18(3)33/h13-15,17-18,20,33H,6-12H2,1-5H3,(H,30,36)(H,31,35). The van der Waals surface area contributed by atoms with Crippen LogP contribution in [0.2, 0.25) is 0 Å². The number of benzene rings is 1. The number of nitrogens with one attached hydrogen (secondary N) is 2. The molecule has 0 saturated heterocycles. The second kappa shape index (κ2) is 11.8. The Morgan fingerprint density at radius 1 is 1.11 bits per heavy atom. The number of amides is 2. The van der Waals surface area contributed by atoms with E-state index in [2.05, 4.69) is 10.6 Å². The summed E-state index contributed by atoms with van der Waals surface area (Å²) in [7, 11) is 1.74. The van der Waals surface area contributed by atoms with Gasteiger partial charge in [-0.1, -0.05) is 19.3 Å². The Morgan fingerprint density at radius 2 is 1.78 bits per heavy atom. The van der Waals surface area contributed by atoms with Gasteiger partial charge in [0, 0.05) is 30.4 Å². The molecule has 3 rings (SSSR count). The molecular formula is C28H38FN3O4. The average molecular weight is 500 g/mol. The molecule has 1 aromatic carbocycles. The molecule has 7 nitrogen and oxygen atoms in total. The van der Waals surface area contributed by atoms with Crippen molar-refractivity contribution in [3.8, 4) is 0 Å². The van der Waals surface area contributed by atoms with Crippen LogP contribution in [0, 0.1) is 19.7 Å². The first-order valence-corrected chi connectivity index (χ1v) is 12.8. The topological polar surface area (TPSA) is 100 Å². The Morgan fingerprint density at radius 3 is 2.39 bits per heavy atom. The summed E-state index contributed by atoms with van der Waals surface area (Å²) >= 11 is 0. The molecule has 8 heteroatoms. The molecule has 1 saturated carbocycles. The number of carbonyl (C=O) groups is 3. The summed E-state index contributed by atoms with van der Waals surface area (Å²) in [5, 5.41) is 15.1. The molecular weight excluding hydrogens is 461 g/mol. The van der Waals surface area contributed by atoms with E-state index in [1.165, 1.54) is 12.1 Å². The zero-order valence-electron chi connectivity index (χ0n) is 21.9. The van der Waals surface area contributed by atoms with Gasteiger partial charge < -0.3 is 20.3 Å². The van der Waals surface area contributed by atoms with E-state index < -0.39 is 17.8 Å². The number of anilines is 1. The van der Waals surface area contributed by atoms with Crippen LogP contribution in [0.4, 0.5) is 10.1 Å². The van der Waals surface area contributed by atoms with Crippen LogP contribution in [0.15, 0.2) is 18.2 Å². The normalized spacial score (nSPS) is 15.9. The highest BCUT2D eigenvalue weighted by molar-refractivity contribution is 6.43. The molecule has 1 heterocycles.